The third-order valence-corrected chi connectivity index (χ3v) is 6.60. The Hall–Kier alpha value is -2.10. The van der Waals surface area contributed by atoms with Gasteiger partial charge in [-0.1, -0.05) is 78.1 Å². The molecular formula is C27H41N3O. The van der Waals surface area contributed by atoms with Crippen LogP contribution >= 0.6 is 0 Å². The summed E-state index contributed by atoms with van der Waals surface area (Å²) in [5.41, 5.74) is 2.69. The van der Waals surface area contributed by atoms with Crippen LogP contribution in [-0.2, 0) is 7.05 Å². The summed E-state index contributed by atoms with van der Waals surface area (Å²) in [5.74, 6) is 0. The van der Waals surface area contributed by atoms with Crippen LogP contribution in [0.5, 0.6) is 0 Å². The van der Waals surface area contributed by atoms with E-state index < -0.39 is 0 Å². The van der Waals surface area contributed by atoms with Crippen LogP contribution in [0.1, 0.15) is 90.9 Å². The molecule has 0 saturated heterocycles. The fraction of sp³-hybridized carbons (Fsp3) is 0.630. The van der Waals surface area contributed by atoms with Gasteiger partial charge in [0, 0.05) is 43.3 Å². The third-order valence-electron chi connectivity index (χ3n) is 6.60. The quantitative estimate of drug-likeness (QED) is 0.246. The summed E-state index contributed by atoms with van der Waals surface area (Å²) < 4.78 is 2.12. The van der Waals surface area contributed by atoms with Crippen LogP contribution in [0.2, 0.25) is 0 Å². The smallest absolute Gasteiger partial charge is 0.228 e. The Morgan fingerprint density at radius 3 is 2.06 bits per heavy atom. The maximum Gasteiger partial charge on any atom is 0.228 e. The molecule has 0 spiro atoms. The number of hydrogen-bond acceptors (Lipinski definition) is 3. The van der Waals surface area contributed by atoms with Crippen molar-refractivity contribution in [1.29, 1.82) is 0 Å². The van der Waals surface area contributed by atoms with Gasteiger partial charge in [-0.3, -0.25) is 9.78 Å². The van der Waals surface area contributed by atoms with Gasteiger partial charge in [-0.25, -0.2) is 0 Å². The van der Waals surface area contributed by atoms with Crippen molar-refractivity contribution in [2.45, 2.75) is 90.9 Å². The summed E-state index contributed by atoms with van der Waals surface area (Å²) in [6, 6.07) is 4.17. The normalized spacial score (nSPS) is 11.7. The van der Waals surface area contributed by atoms with Crippen molar-refractivity contribution in [3.05, 3.63) is 34.7 Å². The van der Waals surface area contributed by atoms with E-state index >= 15 is 0 Å². The molecule has 3 rings (SSSR count). The van der Waals surface area contributed by atoms with Gasteiger partial charge in [0.1, 0.15) is 5.52 Å². The third kappa shape index (κ3) is 5.99. The maximum atomic E-state index is 13.4. The summed E-state index contributed by atoms with van der Waals surface area (Å²) in [4.78, 5) is 20.3. The molecule has 31 heavy (non-hydrogen) atoms. The van der Waals surface area contributed by atoms with Crippen molar-refractivity contribution in [2.24, 2.45) is 7.05 Å². The molecule has 0 atom stereocenters. The molecular weight excluding hydrogens is 382 g/mol. The Morgan fingerprint density at radius 2 is 1.45 bits per heavy atom. The minimum Gasteiger partial charge on any atom is -0.368 e. The second-order valence-electron chi connectivity index (χ2n) is 9.13. The van der Waals surface area contributed by atoms with E-state index in [1.165, 1.54) is 64.2 Å². The molecule has 1 aromatic carbocycles. The van der Waals surface area contributed by atoms with Crippen molar-refractivity contribution in [1.82, 2.24) is 9.55 Å². The van der Waals surface area contributed by atoms with Gasteiger partial charge in [0.05, 0.1) is 11.2 Å². The number of unbranched alkanes of at least 4 members (excludes halogenated alkanes) is 10. The Bertz CT molecular complexity index is 962. The van der Waals surface area contributed by atoms with Gasteiger partial charge in [0.25, 0.3) is 0 Å². The Morgan fingerprint density at radius 1 is 0.871 bits per heavy atom. The zero-order valence-electron chi connectivity index (χ0n) is 20.0. The summed E-state index contributed by atoms with van der Waals surface area (Å²) in [5, 5.41) is 2.07. The molecule has 3 aromatic rings. The van der Waals surface area contributed by atoms with Crippen LogP contribution in [-0.4, -0.2) is 22.6 Å². The minimum atomic E-state index is 0.102. The summed E-state index contributed by atoms with van der Waals surface area (Å²) >= 11 is 0. The SMILES string of the molecule is CCCCCCCCN(CCCCCCCC)c1cc2c3c(ccn2C)cnc3c1=O. The highest BCUT2D eigenvalue weighted by atomic mass is 16.1. The molecule has 0 bridgehead atoms. The standard InChI is InChI=1S/C27H41N3O/c1-4-6-8-10-12-14-17-30(18-15-13-11-9-7-5-2)24-20-23-25-22(16-19-29(23)3)21-28-26(25)27(24)31/h16,19-21H,4-15,17-18H2,1-3H3. The van der Waals surface area contributed by atoms with Gasteiger partial charge in [-0.05, 0) is 25.0 Å². The molecule has 0 saturated carbocycles. The molecule has 0 aliphatic rings. The zero-order chi connectivity index (χ0) is 22.1. The molecule has 2 aromatic heterocycles. The number of aromatic nitrogens is 2. The lowest BCUT2D eigenvalue weighted by molar-refractivity contribution is 0.574. The van der Waals surface area contributed by atoms with E-state index in [0.717, 1.165) is 47.9 Å². The largest absolute Gasteiger partial charge is 0.368 e. The highest BCUT2D eigenvalue weighted by Crippen LogP contribution is 2.27. The van der Waals surface area contributed by atoms with Crippen LogP contribution in [0.3, 0.4) is 0 Å². The van der Waals surface area contributed by atoms with Crippen molar-refractivity contribution in [3.8, 4) is 0 Å². The first-order chi connectivity index (χ1) is 15.2. The second kappa shape index (κ2) is 12.1. The van der Waals surface area contributed by atoms with E-state index in [1.807, 2.05) is 12.3 Å². The minimum absolute atomic E-state index is 0.102. The van der Waals surface area contributed by atoms with E-state index in [4.69, 9.17) is 0 Å². The van der Waals surface area contributed by atoms with Gasteiger partial charge in [-0.2, -0.15) is 0 Å². The van der Waals surface area contributed by atoms with E-state index in [1.54, 1.807) is 0 Å². The fourth-order valence-corrected chi connectivity index (χ4v) is 4.66. The zero-order valence-corrected chi connectivity index (χ0v) is 20.0. The van der Waals surface area contributed by atoms with Gasteiger partial charge in [0.15, 0.2) is 0 Å². The van der Waals surface area contributed by atoms with Gasteiger partial charge < -0.3 is 9.47 Å². The highest BCUT2D eigenvalue weighted by molar-refractivity contribution is 6.09. The van der Waals surface area contributed by atoms with Gasteiger partial charge in [-0.15, -0.1) is 0 Å². The second-order valence-corrected chi connectivity index (χ2v) is 9.13. The molecule has 170 valence electrons. The average Bonchev–Trinajstić information content (AvgIpc) is 3.21. The summed E-state index contributed by atoms with van der Waals surface area (Å²) in [6.07, 6.45) is 19.2. The van der Waals surface area contributed by atoms with E-state index in [-0.39, 0.29) is 5.43 Å². The predicted molar refractivity (Wildman–Crippen MR) is 135 cm³/mol. The van der Waals surface area contributed by atoms with Crippen molar-refractivity contribution >= 4 is 27.5 Å². The fourth-order valence-electron chi connectivity index (χ4n) is 4.66. The van der Waals surface area contributed by atoms with Crippen LogP contribution in [0.25, 0.3) is 21.8 Å². The molecule has 0 N–H and O–H groups in total. The van der Waals surface area contributed by atoms with Crippen LogP contribution in [0, 0.1) is 0 Å². The molecule has 4 nitrogen and oxygen atoms in total. The Labute approximate surface area is 188 Å². The average molecular weight is 424 g/mol. The number of hydrogen-bond donors (Lipinski definition) is 0. The predicted octanol–water partition coefficient (Wildman–Crippen LogP) is 7.05. The van der Waals surface area contributed by atoms with Crippen LogP contribution in [0.15, 0.2) is 29.3 Å². The molecule has 0 unspecified atom stereocenters. The highest BCUT2D eigenvalue weighted by Gasteiger charge is 2.18. The van der Waals surface area contributed by atoms with Crippen LogP contribution in [0.4, 0.5) is 5.69 Å². The number of nitrogens with zero attached hydrogens (tertiary/aromatic N) is 3. The van der Waals surface area contributed by atoms with Gasteiger partial charge in [0.2, 0.25) is 5.43 Å². The number of rotatable bonds is 15. The topological polar surface area (TPSA) is 38.1 Å². The lowest BCUT2D eigenvalue weighted by Gasteiger charge is -2.25. The van der Waals surface area contributed by atoms with Crippen molar-refractivity contribution < 1.29 is 0 Å². The Kier molecular flexibility index (Phi) is 9.17. The lowest BCUT2D eigenvalue weighted by Crippen LogP contribution is -2.30. The van der Waals surface area contributed by atoms with E-state index in [0.29, 0.717) is 5.52 Å². The number of pyridine rings is 1. The van der Waals surface area contributed by atoms with Crippen LogP contribution < -0.4 is 10.3 Å². The van der Waals surface area contributed by atoms with E-state index in [9.17, 15) is 4.79 Å². The molecule has 4 heteroatoms. The lowest BCUT2D eigenvalue weighted by atomic mass is 10.1. The molecule has 0 amide bonds. The monoisotopic (exact) mass is 423 g/mol. The van der Waals surface area contributed by atoms with Gasteiger partial charge >= 0.3 is 0 Å². The molecule has 2 heterocycles. The summed E-state index contributed by atoms with van der Waals surface area (Å²) in [7, 11) is 2.06. The number of anilines is 1. The molecule has 0 fully saturated rings. The molecule has 0 aliphatic carbocycles. The molecule has 0 aliphatic heterocycles. The first-order valence-corrected chi connectivity index (χ1v) is 12.6. The summed E-state index contributed by atoms with van der Waals surface area (Å²) in [6.45, 7) is 6.45. The number of benzene rings is 1. The van der Waals surface area contributed by atoms with Crippen molar-refractivity contribution in [3.63, 3.8) is 0 Å². The first-order valence-electron chi connectivity index (χ1n) is 12.6. The Balaban J connectivity index is 1.76. The number of aryl methyl sites for hydroxylation is 1. The first kappa shape index (κ1) is 23.6. The van der Waals surface area contributed by atoms with E-state index in [2.05, 4.69) is 47.6 Å². The molecule has 0 radical (unpaired) electrons. The maximum absolute atomic E-state index is 13.4. The van der Waals surface area contributed by atoms with Crippen molar-refractivity contribution in [2.75, 3.05) is 18.0 Å².